The molecule has 0 spiro atoms. The van der Waals surface area contributed by atoms with Gasteiger partial charge in [0.1, 0.15) is 11.5 Å². The summed E-state index contributed by atoms with van der Waals surface area (Å²) in [5.74, 6) is 1.67. The van der Waals surface area contributed by atoms with Gasteiger partial charge >= 0.3 is 0 Å². The molecule has 0 aliphatic heterocycles. The van der Waals surface area contributed by atoms with Crippen molar-refractivity contribution in [2.24, 2.45) is 0 Å². The van der Waals surface area contributed by atoms with Crippen molar-refractivity contribution in [2.45, 2.75) is 33.1 Å². The molecule has 0 atom stereocenters. The molecule has 0 heterocycles. The fourth-order valence-corrected chi connectivity index (χ4v) is 9.25. The average Bonchev–Trinajstić information content (AvgIpc) is 3.27. The highest BCUT2D eigenvalue weighted by atomic mass is 16.5. The highest BCUT2D eigenvalue weighted by Gasteiger charge is 2.35. The van der Waals surface area contributed by atoms with Gasteiger partial charge in [-0.1, -0.05) is 97.8 Å². The van der Waals surface area contributed by atoms with Crippen LogP contribution >= 0.6 is 0 Å². The first-order valence-corrected chi connectivity index (χ1v) is 20.3. The molecule has 9 aromatic carbocycles. The van der Waals surface area contributed by atoms with E-state index < -0.39 is 0 Å². The molecular formula is C55H46N2O2. The monoisotopic (exact) mass is 766 g/mol. The third-order valence-corrected chi connectivity index (χ3v) is 12.4. The molecule has 0 saturated carbocycles. The number of hydrogen-bond acceptors (Lipinski definition) is 4. The largest absolute Gasteiger partial charge is 0.497 e. The number of anilines is 6. The first-order chi connectivity index (χ1) is 28.7. The number of hydrogen-bond donors (Lipinski definition) is 0. The van der Waals surface area contributed by atoms with Crippen molar-refractivity contribution in [3.05, 3.63) is 192 Å². The molecule has 4 heteroatoms. The van der Waals surface area contributed by atoms with E-state index in [-0.39, 0.29) is 5.41 Å². The summed E-state index contributed by atoms with van der Waals surface area (Å²) >= 11 is 0. The molecule has 0 bridgehead atoms. The van der Waals surface area contributed by atoms with Gasteiger partial charge in [0.2, 0.25) is 0 Å². The second kappa shape index (κ2) is 14.1. The predicted molar refractivity (Wildman–Crippen MR) is 248 cm³/mol. The van der Waals surface area contributed by atoms with Crippen LogP contribution in [-0.4, -0.2) is 14.2 Å². The number of ether oxygens (including phenoxy) is 2. The smallest absolute Gasteiger partial charge is 0.119 e. The minimum Gasteiger partial charge on any atom is -0.497 e. The number of nitrogens with zero attached hydrogens (tertiary/aromatic N) is 2. The minimum atomic E-state index is -0.277. The second-order valence-electron chi connectivity index (χ2n) is 16.3. The summed E-state index contributed by atoms with van der Waals surface area (Å²) in [6.45, 7) is 9.04. The summed E-state index contributed by atoms with van der Waals surface area (Å²) < 4.78 is 11.1. The van der Waals surface area contributed by atoms with E-state index in [9.17, 15) is 0 Å². The van der Waals surface area contributed by atoms with E-state index in [1.807, 2.05) is 24.3 Å². The van der Waals surface area contributed by atoms with Gasteiger partial charge in [0.25, 0.3) is 0 Å². The van der Waals surface area contributed by atoms with Crippen molar-refractivity contribution in [1.82, 2.24) is 0 Å². The highest BCUT2D eigenvalue weighted by molar-refractivity contribution is 6.25. The SMILES string of the molecule is COc1ccc(N(c2ccc(C)cc2)c2ccc3c(c2)C(C)(C)c2cccc4c2c-3cc2c3ccccc3c(N(c3ccc(C)cc3)c3ccc(OC)cc3)cc42)cc1. The standard InChI is InChI=1S/C55H46N2O2/c1-35-14-18-37(19-15-35)56(38-22-27-42(58-5)28-23-38)41-26-31-45-50-33-48-44-10-7-8-11-46(44)53(34-49(48)47-12-9-13-51(54(47)50)55(3,4)52(45)32-41)57(39-20-16-36(2)17-21-39)40-24-29-43(59-6)30-25-40/h7-34H,1-6H3. The van der Waals surface area contributed by atoms with Crippen LogP contribution < -0.4 is 19.3 Å². The molecular weight excluding hydrogens is 721 g/mol. The minimum absolute atomic E-state index is 0.277. The second-order valence-corrected chi connectivity index (χ2v) is 16.3. The third-order valence-electron chi connectivity index (χ3n) is 12.4. The summed E-state index contributed by atoms with van der Waals surface area (Å²) in [6, 6.07) is 62.1. The lowest BCUT2D eigenvalue weighted by atomic mass is 9.68. The molecule has 0 amide bonds. The van der Waals surface area contributed by atoms with Gasteiger partial charge in [-0.05, 0) is 160 Å². The van der Waals surface area contributed by atoms with Gasteiger partial charge in [0.15, 0.2) is 0 Å². The lowest BCUT2D eigenvalue weighted by molar-refractivity contribution is 0.414. The van der Waals surface area contributed by atoms with Gasteiger partial charge in [-0.2, -0.15) is 0 Å². The molecule has 0 aromatic heterocycles. The molecule has 10 rings (SSSR count). The lowest BCUT2D eigenvalue weighted by Crippen LogP contribution is -2.24. The third kappa shape index (κ3) is 5.98. The molecule has 1 aliphatic carbocycles. The van der Waals surface area contributed by atoms with E-state index in [0.717, 1.165) is 45.6 Å². The summed E-state index contributed by atoms with van der Waals surface area (Å²) in [4.78, 5) is 4.74. The topological polar surface area (TPSA) is 24.9 Å². The van der Waals surface area contributed by atoms with Crippen LogP contribution in [0.25, 0.3) is 43.4 Å². The maximum atomic E-state index is 5.58. The molecule has 288 valence electrons. The van der Waals surface area contributed by atoms with E-state index in [4.69, 9.17) is 9.47 Å². The Morgan fingerprint density at radius 1 is 0.390 bits per heavy atom. The molecule has 0 N–H and O–H groups in total. The van der Waals surface area contributed by atoms with Crippen LogP contribution in [0.5, 0.6) is 11.5 Å². The Bertz CT molecular complexity index is 3040. The fourth-order valence-electron chi connectivity index (χ4n) is 9.25. The summed E-state index contributed by atoms with van der Waals surface area (Å²) in [7, 11) is 3.43. The normalized spacial score (nSPS) is 12.7. The van der Waals surface area contributed by atoms with E-state index >= 15 is 0 Å². The van der Waals surface area contributed by atoms with Crippen molar-refractivity contribution >= 4 is 66.4 Å². The summed E-state index contributed by atoms with van der Waals surface area (Å²) in [5, 5.41) is 7.50. The Morgan fingerprint density at radius 2 is 0.881 bits per heavy atom. The van der Waals surface area contributed by atoms with Crippen LogP contribution in [0, 0.1) is 13.8 Å². The maximum Gasteiger partial charge on any atom is 0.119 e. The molecule has 59 heavy (non-hydrogen) atoms. The van der Waals surface area contributed by atoms with Gasteiger partial charge in [-0.25, -0.2) is 0 Å². The predicted octanol–water partition coefficient (Wildman–Crippen LogP) is 15.0. The Hall–Kier alpha value is -7.04. The zero-order valence-electron chi connectivity index (χ0n) is 34.4. The summed E-state index contributed by atoms with van der Waals surface area (Å²) in [6.07, 6.45) is 0. The van der Waals surface area contributed by atoms with E-state index in [0.29, 0.717) is 0 Å². The van der Waals surface area contributed by atoms with Gasteiger partial charge in [0, 0.05) is 39.2 Å². The first kappa shape index (κ1) is 36.3. The molecule has 0 saturated heterocycles. The Balaban J connectivity index is 1.21. The zero-order valence-corrected chi connectivity index (χ0v) is 34.4. The maximum absolute atomic E-state index is 5.58. The van der Waals surface area contributed by atoms with Gasteiger partial charge in [-0.3, -0.25) is 0 Å². The number of rotatable bonds is 8. The zero-order chi connectivity index (χ0) is 40.4. The Labute approximate surface area is 346 Å². The number of benzene rings is 9. The van der Waals surface area contributed by atoms with Crippen LogP contribution in [0.2, 0.25) is 0 Å². The lowest BCUT2D eigenvalue weighted by Gasteiger charge is -2.37. The fraction of sp³-hybridized carbons (Fsp3) is 0.127. The van der Waals surface area contributed by atoms with Gasteiger partial charge in [0.05, 0.1) is 19.9 Å². The van der Waals surface area contributed by atoms with Crippen LogP contribution in [0.3, 0.4) is 0 Å². The molecule has 9 aromatic rings. The van der Waals surface area contributed by atoms with Crippen LogP contribution in [0.15, 0.2) is 170 Å². The van der Waals surface area contributed by atoms with Crippen LogP contribution in [-0.2, 0) is 5.41 Å². The molecule has 1 aliphatic rings. The van der Waals surface area contributed by atoms with Crippen LogP contribution in [0.4, 0.5) is 34.1 Å². The highest BCUT2D eigenvalue weighted by Crippen LogP contribution is 2.53. The van der Waals surface area contributed by atoms with Crippen molar-refractivity contribution in [1.29, 1.82) is 0 Å². The van der Waals surface area contributed by atoms with Crippen molar-refractivity contribution in [3.63, 3.8) is 0 Å². The molecule has 4 nitrogen and oxygen atoms in total. The van der Waals surface area contributed by atoms with Gasteiger partial charge in [-0.15, -0.1) is 0 Å². The van der Waals surface area contributed by atoms with Crippen molar-refractivity contribution < 1.29 is 9.47 Å². The molecule has 0 unspecified atom stereocenters. The van der Waals surface area contributed by atoms with E-state index in [1.54, 1.807) is 14.2 Å². The quantitative estimate of drug-likeness (QED) is 0.144. The summed E-state index contributed by atoms with van der Waals surface area (Å²) in [5.41, 5.74) is 14.0. The molecule has 0 fully saturated rings. The van der Waals surface area contributed by atoms with Gasteiger partial charge < -0.3 is 19.3 Å². The van der Waals surface area contributed by atoms with Crippen molar-refractivity contribution in [2.75, 3.05) is 24.0 Å². The first-order valence-electron chi connectivity index (χ1n) is 20.3. The van der Waals surface area contributed by atoms with Crippen molar-refractivity contribution in [3.8, 4) is 22.6 Å². The number of methoxy groups -OCH3 is 2. The Morgan fingerprint density at radius 3 is 1.46 bits per heavy atom. The van der Waals surface area contributed by atoms with E-state index in [1.165, 1.54) is 65.7 Å². The average molecular weight is 767 g/mol. The van der Waals surface area contributed by atoms with Crippen LogP contribution in [0.1, 0.15) is 36.1 Å². The van der Waals surface area contributed by atoms with E-state index in [2.05, 4.69) is 183 Å². The number of fused-ring (bicyclic) bond motifs is 6. The molecule has 0 radical (unpaired) electrons. The number of aryl methyl sites for hydroxylation is 2. The Kier molecular flexibility index (Phi) is 8.68.